The molecule has 0 saturated carbocycles. The minimum atomic E-state index is -3.21. The van der Waals surface area contributed by atoms with Crippen LogP contribution in [0.3, 0.4) is 0 Å². The maximum absolute atomic E-state index is 11.1. The zero-order chi connectivity index (χ0) is 9.19. The number of carbonyl (C=O) groups excluding carboxylic acids is 1. The Hall–Kier alpha value is -1.10. The highest BCUT2D eigenvalue weighted by Gasteiger charge is 2.12. The van der Waals surface area contributed by atoms with E-state index >= 15 is 0 Å². The summed E-state index contributed by atoms with van der Waals surface area (Å²) >= 11 is 0. The molecule has 0 saturated heterocycles. The summed E-state index contributed by atoms with van der Waals surface area (Å²) in [6, 6.07) is 1.55. The molecule has 1 aromatic rings. The van der Waals surface area contributed by atoms with Crippen LogP contribution in [-0.2, 0) is 9.84 Å². The molecule has 0 atom stereocenters. The molecule has 0 aliphatic rings. The normalized spacial score (nSPS) is 11.4. The van der Waals surface area contributed by atoms with Gasteiger partial charge in [-0.3, -0.25) is 4.79 Å². The quantitative estimate of drug-likeness (QED) is 0.689. The maximum Gasteiger partial charge on any atom is 0.179 e. The van der Waals surface area contributed by atoms with Crippen LogP contribution in [0.5, 0.6) is 0 Å². The van der Waals surface area contributed by atoms with Crippen molar-refractivity contribution in [3.8, 4) is 0 Å². The van der Waals surface area contributed by atoms with E-state index in [1.165, 1.54) is 6.20 Å². The number of sulfone groups is 1. The van der Waals surface area contributed by atoms with E-state index < -0.39 is 15.6 Å². The van der Waals surface area contributed by atoms with Gasteiger partial charge in [-0.15, -0.1) is 0 Å². The number of hydrogen-bond donors (Lipinski definition) is 1. The molecule has 4 nitrogen and oxygen atoms in total. The second kappa shape index (κ2) is 3.10. The molecule has 0 aromatic carbocycles. The van der Waals surface area contributed by atoms with Crippen molar-refractivity contribution in [2.24, 2.45) is 0 Å². The summed E-state index contributed by atoms with van der Waals surface area (Å²) in [6.07, 6.45) is 4.10. The van der Waals surface area contributed by atoms with Gasteiger partial charge in [-0.25, -0.2) is 8.42 Å². The van der Waals surface area contributed by atoms with Gasteiger partial charge >= 0.3 is 0 Å². The predicted molar refractivity (Wildman–Crippen MR) is 44.8 cm³/mol. The largest absolute Gasteiger partial charge is 0.367 e. The minimum Gasteiger partial charge on any atom is -0.367 e. The van der Waals surface area contributed by atoms with E-state index in [-0.39, 0.29) is 5.78 Å². The highest BCUT2D eigenvalue weighted by atomic mass is 32.2. The molecule has 1 aromatic heterocycles. The molecule has 0 unspecified atom stereocenters. The minimum absolute atomic E-state index is 0.376. The Balaban J connectivity index is 2.76. The van der Waals surface area contributed by atoms with Crippen LogP contribution in [0.2, 0.25) is 0 Å². The van der Waals surface area contributed by atoms with E-state index in [1.54, 1.807) is 12.3 Å². The van der Waals surface area contributed by atoms with Crippen molar-refractivity contribution in [3.63, 3.8) is 0 Å². The summed E-state index contributed by atoms with van der Waals surface area (Å²) in [5.74, 6) is -0.802. The van der Waals surface area contributed by atoms with Crippen LogP contribution < -0.4 is 0 Å². The second-order valence-electron chi connectivity index (χ2n) is 2.59. The molecular formula is C7H9NO3S. The second-order valence-corrected chi connectivity index (χ2v) is 4.73. The molecule has 0 aliphatic carbocycles. The summed E-state index contributed by atoms with van der Waals surface area (Å²) in [5.41, 5.74) is 0.403. The van der Waals surface area contributed by atoms with Crippen molar-refractivity contribution in [2.45, 2.75) is 0 Å². The fourth-order valence-corrected chi connectivity index (χ4v) is 1.46. The van der Waals surface area contributed by atoms with Crippen molar-refractivity contribution < 1.29 is 13.2 Å². The van der Waals surface area contributed by atoms with Gasteiger partial charge in [-0.2, -0.15) is 0 Å². The van der Waals surface area contributed by atoms with E-state index in [1.807, 2.05) is 0 Å². The Labute approximate surface area is 70.5 Å². The first-order valence-corrected chi connectivity index (χ1v) is 5.39. The van der Waals surface area contributed by atoms with Crippen LogP contribution in [0.25, 0.3) is 0 Å². The third-order valence-corrected chi connectivity index (χ3v) is 2.10. The third kappa shape index (κ3) is 2.50. The lowest BCUT2D eigenvalue weighted by Gasteiger charge is -1.93. The number of Topliss-reactive ketones (excluding diaryl/α,β-unsaturated/α-hetero) is 1. The fraction of sp³-hybridized carbons (Fsp3) is 0.286. The molecular weight excluding hydrogens is 178 g/mol. The molecule has 12 heavy (non-hydrogen) atoms. The molecule has 0 radical (unpaired) electrons. The van der Waals surface area contributed by atoms with Gasteiger partial charge in [-0.1, -0.05) is 0 Å². The van der Waals surface area contributed by atoms with Crippen LogP contribution >= 0.6 is 0 Å². The maximum atomic E-state index is 11.1. The van der Waals surface area contributed by atoms with E-state index in [4.69, 9.17) is 0 Å². The van der Waals surface area contributed by atoms with Gasteiger partial charge in [-0.05, 0) is 6.07 Å². The number of aromatic nitrogens is 1. The molecule has 0 bridgehead atoms. The van der Waals surface area contributed by atoms with Crippen molar-refractivity contribution >= 4 is 15.6 Å². The van der Waals surface area contributed by atoms with Gasteiger partial charge in [0.1, 0.15) is 5.75 Å². The number of nitrogens with one attached hydrogen (secondary N) is 1. The summed E-state index contributed by atoms with van der Waals surface area (Å²) in [6.45, 7) is 0. The monoisotopic (exact) mass is 187 g/mol. The van der Waals surface area contributed by atoms with E-state index in [2.05, 4.69) is 4.98 Å². The van der Waals surface area contributed by atoms with Crippen LogP contribution in [0.1, 0.15) is 10.4 Å². The number of rotatable bonds is 3. The first kappa shape index (κ1) is 8.99. The topological polar surface area (TPSA) is 67.0 Å². The van der Waals surface area contributed by atoms with Gasteiger partial charge in [0.05, 0.1) is 0 Å². The first-order chi connectivity index (χ1) is 5.49. The third-order valence-electron chi connectivity index (χ3n) is 1.31. The van der Waals surface area contributed by atoms with Crippen LogP contribution in [-0.4, -0.2) is 31.2 Å². The summed E-state index contributed by atoms with van der Waals surface area (Å²) in [5, 5.41) is 0. The summed E-state index contributed by atoms with van der Waals surface area (Å²) in [4.78, 5) is 13.8. The molecule has 1 rings (SSSR count). The highest BCUT2D eigenvalue weighted by molar-refractivity contribution is 7.91. The number of ketones is 1. The van der Waals surface area contributed by atoms with Crippen LogP contribution in [0.4, 0.5) is 0 Å². The standard InChI is InChI=1S/C7H9NO3S/c1-12(10,11)5-7(9)6-2-3-8-4-6/h2-4,8H,5H2,1H3. The fourth-order valence-electron chi connectivity index (χ4n) is 0.819. The zero-order valence-electron chi connectivity index (χ0n) is 6.57. The SMILES string of the molecule is CS(=O)(=O)CC(=O)c1cc[nH]c1. The average molecular weight is 187 g/mol. The van der Waals surface area contributed by atoms with Gasteiger partial charge < -0.3 is 4.98 Å². The van der Waals surface area contributed by atoms with Gasteiger partial charge in [0.15, 0.2) is 15.6 Å². The number of aromatic amines is 1. The number of carbonyl (C=O) groups is 1. The van der Waals surface area contributed by atoms with E-state index in [9.17, 15) is 13.2 Å². The Morgan fingerprint density at radius 2 is 2.25 bits per heavy atom. The van der Waals surface area contributed by atoms with Gasteiger partial charge in [0.2, 0.25) is 0 Å². The van der Waals surface area contributed by atoms with Crippen molar-refractivity contribution in [2.75, 3.05) is 12.0 Å². The zero-order valence-corrected chi connectivity index (χ0v) is 7.39. The van der Waals surface area contributed by atoms with Crippen molar-refractivity contribution in [1.29, 1.82) is 0 Å². The molecule has 0 fully saturated rings. The Morgan fingerprint density at radius 3 is 2.67 bits per heavy atom. The van der Waals surface area contributed by atoms with E-state index in [0.29, 0.717) is 5.56 Å². The Bertz CT molecular complexity index is 363. The van der Waals surface area contributed by atoms with Crippen molar-refractivity contribution in [1.82, 2.24) is 4.98 Å². The predicted octanol–water partition coefficient (Wildman–Crippen LogP) is 0.242. The van der Waals surface area contributed by atoms with Crippen LogP contribution in [0.15, 0.2) is 18.5 Å². The Kier molecular flexibility index (Phi) is 2.32. The lowest BCUT2D eigenvalue weighted by atomic mass is 10.2. The lowest BCUT2D eigenvalue weighted by molar-refractivity contribution is 0.102. The lowest BCUT2D eigenvalue weighted by Crippen LogP contribution is -2.13. The van der Waals surface area contributed by atoms with Crippen molar-refractivity contribution in [3.05, 3.63) is 24.0 Å². The average Bonchev–Trinajstić information content (AvgIpc) is 2.32. The molecule has 66 valence electrons. The summed E-state index contributed by atoms with van der Waals surface area (Å²) in [7, 11) is -3.21. The van der Waals surface area contributed by atoms with Gasteiger partial charge in [0.25, 0.3) is 0 Å². The Morgan fingerprint density at radius 1 is 1.58 bits per heavy atom. The highest BCUT2D eigenvalue weighted by Crippen LogP contribution is 1.99. The molecule has 0 aliphatic heterocycles. The number of H-pyrrole nitrogens is 1. The summed E-state index contributed by atoms with van der Waals surface area (Å²) < 4.78 is 21.4. The number of hydrogen-bond acceptors (Lipinski definition) is 3. The van der Waals surface area contributed by atoms with Gasteiger partial charge in [0, 0.05) is 24.2 Å². The first-order valence-electron chi connectivity index (χ1n) is 3.33. The van der Waals surface area contributed by atoms with Crippen LogP contribution in [0, 0.1) is 0 Å². The van der Waals surface area contributed by atoms with E-state index in [0.717, 1.165) is 6.26 Å². The molecule has 0 spiro atoms. The molecule has 1 heterocycles. The molecule has 1 N–H and O–H groups in total. The molecule has 5 heteroatoms. The smallest absolute Gasteiger partial charge is 0.179 e. The molecule has 0 amide bonds.